The number of rotatable bonds is 3. The van der Waals surface area contributed by atoms with E-state index < -0.39 is 0 Å². The summed E-state index contributed by atoms with van der Waals surface area (Å²) in [5, 5.41) is 4.64. The fourth-order valence-corrected chi connectivity index (χ4v) is 4.30. The van der Waals surface area contributed by atoms with E-state index in [1.165, 1.54) is 0 Å². The minimum atomic E-state index is -0.0914. The highest BCUT2D eigenvalue weighted by atomic mass is 16.5. The molecule has 0 aliphatic carbocycles. The molecule has 0 spiro atoms. The zero-order valence-electron chi connectivity index (χ0n) is 15.5. The van der Waals surface area contributed by atoms with Gasteiger partial charge >= 0.3 is 0 Å². The van der Waals surface area contributed by atoms with E-state index in [-0.39, 0.29) is 23.8 Å². The van der Waals surface area contributed by atoms with Gasteiger partial charge in [0.15, 0.2) is 0 Å². The van der Waals surface area contributed by atoms with Crippen LogP contribution in [0.4, 0.5) is 0 Å². The van der Waals surface area contributed by atoms with E-state index in [1.54, 1.807) is 6.07 Å². The number of hydrogen-bond acceptors (Lipinski definition) is 5. The van der Waals surface area contributed by atoms with Gasteiger partial charge in [0.1, 0.15) is 0 Å². The van der Waals surface area contributed by atoms with Crippen molar-refractivity contribution in [2.45, 2.75) is 46.1 Å². The first-order valence-electron chi connectivity index (χ1n) is 9.33. The molecule has 0 aromatic carbocycles. The lowest BCUT2D eigenvalue weighted by atomic mass is 9.94. The number of amides is 2. The number of aryl methyl sites for hydroxylation is 2. The Morgan fingerprint density at radius 1 is 1.31 bits per heavy atom. The number of piperidine rings is 1. The van der Waals surface area contributed by atoms with Crippen LogP contribution in [0.2, 0.25) is 0 Å². The lowest BCUT2D eigenvalue weighted by molar-refractivity contribution is -0.139. The van der Waals surface area contributed by atoms with Gasteiger partial charge < -0.3 is 14.3 Å². The largest absolute Gasteiger partial charge is 0.338 e. The van der Waals surface area contributed by atoms with Crippen molar-refractivity contribution < 1.29 is 14.1 Å². The monoisotopic (exact) mass is 356 g/mol. The van der Waals surface area contributed by atoms with Crippen LogP contribution in [0.3, 0.4) is 0 Å². The van der Waals surface area contributed by atoms with Gasteiger partial charge in [0, 0.05) is 31.4 Å². The zero-order chi connectivity index (χ0) is 18.4. The molecule has 3 aliphatic rings. The highest BCUT2D eigenvalue weighted by Gasteiger charge is 2.41. The molecule has 138 valence electrons. The number of hydrogen-bond donors (Lipinski definition) is 0. The van der Waals surface area contributed by atoms with Crippen LogP contribution in [-0.4, -0.2) is 57.4 Å². The molecule has 2 amide bonds. The number of pyridine rings is 1. The highest BCUT2D eigenvalue weighted by Crippen LogP contribution is 2.31. The standard InChI is InChI=1S/C19H24N4O3/c1-4-7-23-14-6-5-13(18(23)24)9-22(10-14)19(25)15-8-11(2)20-17-16(15)12(3)21-26-17/h8,13-14H,4-7,9-10H2,1-3H3/t13-,14+/m1/s1. The molecule has 2 aromatic heterocycles. The summed E-state index contributed by atoms with van der Waals surface area (Å²) in [7, 11) is 0. The summed E-state index contributed by atoms with van der Waals surface area (Å²) in [5.41, 5.74) is 2.35. The second kappa shape index (κ2) is 6.37. The van der Waals surface area contributed by atoms with Gasteiger partial charge in [-0.05, 0) is 39.2 Å². The van der Waals surface area contributed by atoms with Crippen molar-refractivity contribution in [3.8, 4) is 0 Å². The molecule has 0 saturated carbocycles. The van der Waals surface area contributed by atoms with E-state index in [0.29, 0.717) is 35.4 Å². The maximum atomic E-state index is 13.4. The molecule has 5 heterocycles. The molecule has 7 heteroatoms. The van der Waals surface area contributed by atoms with Crippen molar-refractivity contribution in [1.29, 1.82) is 0 Å². The van der Waals surface area contributed by atoms with Crippen LogP contribution in [0, 0.1) is 19.8 Å². The van der Waals surface area contributed by atoms with Crippen LogP contribution >= 0.6 is 0 Å². The van der Waals surface area contributed by atoms with Crippen molar-refractivity contribution in [3.63, 3.8) is 0 Å². The Morgan fingerprint density at radius 3 is 2.88 bits per heavy atom. The summed E-state index contributed by atoms with van der Waals surface area (Å²) in [5.74, 6) is 0.0525. The number of carbonyl (C=O) groups excluding carboxylic acids is 2. The van der Waals surface area contributed by atoms with Crippen molar-refractivity contribution in [3.05, 3.63) is 23.0 Å². The Labute approximate surface area is 152 Å². The smallest absolute Gasteiger partial charge is 0.258 e. The third kappa shape index (κ3) is 2.66. The molecule has 3 fully saturated rings. The average Bonchev–Trinajstić information content (AvgIpc) is 2.81. The summed E-state index contributed by atoms with van der Waals surface area (Å²) in [6.07, 6.45) is 2.77. The minimum Gasteiger partial charge on any atom is -0.338 e. The molecule has 3 saturated heterocycles. The molecule has 5 rings (SSSR count). The Bertz CT molecular complexity index is 875. The fraction of sp³-hybridized carbons (Fsp3) is 0.579. The van der Waals surface area contributed by atoms with Gasteiger partial charge in [-0.2, -0.15) is 0 Å². The molecule has 0 radical (unpaired) electrons. The van der Waals surface area contributed by atoms with Crippen LogP contribution in [-0.2, 0) is 4.79 Å². The van der Waals surface area contributed by atoms with Crippen molar-refractivity contribution in [1.82, 2.24) is 19.9 Å². The van der Waals surface area contributed by atoms with Gasteiger partial charge in [0.2, 0.25) is 5.91 Å². The first-order valence-corrected chi connectivity index (χ1v) is 9.33. The number of nitrogens with zero attached hydrogens (tertiary/aromatic N) is 4. The topological polar surface area (TPSA) is 79.5 Å². The second-order valence-corrected chi connectivity index (χ2v) is 7.43. The number of carbonyl (C=O) groups is 2. The number of fused-ring (bicyclic) bond motifs is 5. The van der Waals surface area contributed by atoms with E-state index in [4.69, 9.17) is 4.52 Å². The lowest BCUT2D eigenvalue weighted by Gasteiger charge is -2.35. The van der Waals surface area contributed by atoms with E-state index in [9.17, 15) is 9.59 Å². The quantitative estimate of drug-likeness (QED) is 0.843. The molecule has 0 N–H and O–H groups in total. The first kappa shape index (κ1) is 17.0. The van der Waals surface area contributed by atoms with E-state index >= 15 is 0 Å². The van der Waals surface area contributed by atoms with Crippen molar-refractivity contribution in [2.24, 2.45) is 5.92 Å². The molecular weight excluding hydrogens is 332 g/mol. The van der Waals surface area contributed by atoms with Gasteiger partial charge in [0.25, 0.3) is 11.6 Å². The number of aromatic nitrogens is 2. The van der Waals surface area contributed by atoms with E-state index in [1.807, 2.05) is 23.6 Å². The summed E-state index contributed by atoms with van der Waals surface area (Å²) >= 11 is 0. The summed E-state index contributed by atoms with van der Waals surface area (Å²) in [6, 6.07) is 1.92. The average molecular weight is 356 g/mol. The van der Waals surface area contributed by atoms with Gasteiger partial charge in [0.05, 0.1) is 22.6 Å². The van der Waals surface area contributed by atoms with Crippen LogP contribution in [0.1, 0.15) is 47.9 Å². The molecular formula is C19H24N4O3. The first-order chi connectivity index (χ1) is 12.5. The summed E-state index contributed by atoms with van der Waals surface area (Å²) in [4.78, 5) is 34.3. The SMILES string of the molecule is CCCN1C(=O)[C@@H]2CC[C@H]1CN(C(=O)c1cc(C)nc3onc(C)c13)C2. The third-order valence-corrected chi connectivity index (χ3v) is 5.52. The van der Waals surface area contributed by atoms with Crippen molar-refractivity contribution in [2.75, 3.05) is 19.6 Å². The maximum absolute atomic E-state index is 13.4. The minimum absolute atomic E-state index is 0.0603. The van der Waals surface area contributed by atoms with Crippen LogP contribution in [0.15, 0.2) is 10.6 Å². The van der Waals surface area contributed by atoms with Crippen LogP contribution < -0.4 is 0 Å². The molecule has 2 aromatic rings. The van der Waals surface area contributed by atoms with Gasteiger partial charge in [-0.1, -0.05) is 12.1 Å². The second-order valence-electron chi connectivity index (χ2n) is 7.43. The van der Waals surface area contributed by atoms with Gasteiger partial charge in [-0.25, -0.2) is 4.98 Å². The zero-order valence-corrected chi connectivity index (χ0v) is 15.5. The predicted molar refractivity (Wildman–Crippen MR) is 95.7 cm³/mol. The highest BCUT2D eigenvalue weighted by molar-refractivity contribution is 6.06. The van der Waals surface area contributed by atoms with Crippen LogP contribution in [0.25, 0.3) is 11.1 Å². The Hall–Kier alpha value is -2.44. The molecule has 0 unspecified atom stereocenters. The van der Waals surface area contributed by atoms with Crippen molar-refractivity contribution >= 4 is 22.9 Å². The van der Waals surface area contributed by atoms with E-state index in [0.717, 1.165) is 31.5 Å². The summed E-state index contributed by atoms with van der Waals surface area (Å²) < 4.78 is 5.26. The normalized spacial score (nSPS) is 23.0. The lowest BCUT2D eigenvalue weighted by Crippen LogP contribution is -2.48. The molecule has 2 bridgehead atoms. The Balaban J connectivity index is 1.70. The fourth-order valence-electron chi connectivity index (χ4n) is 4.30. The molecule has 26 heavy (non-hydrogen) atoms. The molecule has 3 aliphatic heterocycles. The Morgan fingerprint density at radius 2 is 2.12 bits per heavy atom. The maximum Gasteiger partial charge on any atom is 0.258 e. The van der Waals surface area contributed by atoms with Gasteiger partial charge in [-0.3, -0.25) is 9.59 Å². The van der Waals surface area contributed by atoms with Gasteiger partial charge in [-0.15, -0.1) is 0 Å². The molecule has 2 atom stereocenters. The summed E-state index contributed by atoms with van der Waals surface area (Å²) in [6.45, 7) is 7.59. The van der Waals surface area contributed by atoms with Crippen LogP contribution in [0.5, 0.6) is 0 Å². The third-order valence-electron chi connectivity index (χ3n) is 5.52. The predicted octanol–water partition coefficient (Wildman–Crippen LogP) is 2.31. The Kier molecular flexibility index (Phi) is 4.17. The van der Waals surface area contributed by atoms with E-state index in [2.05, 4.69) is 17.1 Å². The molecule has 7 nitrogen and oxygen atoms in total.